The van der Waals surface area contributed by atoms with E-state index >= 15 is 0 Å². The molecule has 1 heteroatoms. The molecule has 0 aliphatic rings. The highest BCUT2D eigenvalue weighted by molar-refractivity contribution is 5.50. The molecular weight excluding hydrogens is 364 g/mol. The summed E-state index contributed by atoms with van der Waals surface area (Å²) < 4.78 is 0. The Morgan fingerprint density at radius 3 is 1.50 bits per heavy atom. The molecule has 1 N–H and O–H groups in total. The maximum Gasteiger partial charge on any atom is 0.119 e. The van der Waals surface area contributed by atoms with Gasteiger partial charge in [0.15, 0.2) is 0 Å². The van der Waals surface area contributed by atoms with Gasteiger partial charge in [-0.2, -0.15) is 0 Å². The number of para-hydroxylation sites is 1. The first-order valence-corrected chi connectivity index (χ1v) is 11.2. The van der Waals surface area contributed by atoms with Crippen LogP contribution in [0, 0.1) is 0 Å². The van der Waals surface area contributed by atoms with E-state index in [1.807, 2.05) is 12.1 Å². The molecule has 3 aromatic rings. The number of rotatable bonds is 8. The molecule has 0 heterocycles. The number of hydrogen-bond donors (Lipinski definition) is 1. The van der Waals surface area contributed by atoms with Crippen LogP contribution < -0.4 is 0 Å². The summed E-state index contributed by atoms with van der Waals surface area (Å²) in [6, 6.07) is 29.6. The second-order valence-electron chi connectivity index (χ2n) is 9.51. The third-order valence-electron chi connectivity index (χ3n) is 7.39. The Kier molecular flexibility index (Phi) is 6.41. The van der Waals surface area contributed by atoms with Crippen LogP contribution in [-0.2, 0) is 16.2 Å². The van der Waals surface area contributed by atoms with Crippen molar-refractivity contribution in [2.45, 2.75) is 70.1 Å². The standard InChI is InChI=1S/C29H36O/c1-6-7-22-29(25-20-14-15-21-26(25)30,27(2,3)23-16-10-8-11-17-23)28(4,5)24-18-12-9-13-19-24/h8-21,30H,6-7,22H2,1-5H3. The zero-order valence-electron chi connectivity index (χ0n) is 19.2. The van der Waals surface area contributed by atoms with Gasteiger partial charge in [0.05, 0.1) is 0 Å². The van der Waals surface area contributed by atoms with E-state index in [9.17, 15) is 5.11 Å². The Labute approximate surface area is 182 Å². The lowest BCUT2D eigenvalue weighted by Crippen LogP contribution is -2.57. The fourth-order valence-electron chi connectivity index (χ4n) is 5.69. The molecule has 0 saturated heterocycles. The van der Waals surface area contributed by atoms with Gasteiger partial charge in [-0.3, -0.25) is 0 Å². The zero-order valence-corrected chi connectivity index (χ0v) is 19.2. The minimum atomic E-state index is -0.315. The van der Waals surface area contributed by atoms with E-state index in [1.54, 1.807) is 0 Å². The van der Waals surface area contributed by atoms with E-state index in [-0.39, 0.29) is 16.2 Å². The van der Waals surface area contributed by atoms with Gasteiger partial charge in [0.25, 0.3) is 0 Å². The first-order valence-electron chi connectivity index (χ1n) is 11.2. The van der Waals surface area contributed by atoms with Crippen molar-refractivity contribution in [2.75, 3.05) is 0 Å². The Bertz CT molecular complexity index is 887. The van der Waals surface area contributed by atoms with Gasteiger partial charge in [0.2, 0.25) is 0 Å². The maximum atomic E-state index is 11.2. The molecule has 0 bridgehead atoms. The number of phenolic OH excluding ortho intramolecular Hbond substituents is 1. The van der Waals surface area contributed by atoms with Crippen LogP contribution in [0.25, 0.3) is 0 Å². The highest BCUT2D eigenvalue weighted by atomic mass is 16.3. The lowest BCUT2D eigenvalue weighted by Gasteiger charge is -2.57. The molecule has 0 atom stereocenters. The predicted octanol–water partition coefficient (Wildman–Crippen LogP) is 7.78. The molecule has 0 fully saturated rings. The molecule has 1 nitrogen and oxygen atoms in total. The summed E-state index contributed by atoms with van der Waals surface area (Å²) in [5, 5.41) is 11.2. The van der Waals surface area contributed by atoms with Gasteiger partial charge in [-0.1, -0.05) is 126 Å². The summed E-state index contributed by atoms with van der Waals surface area (Å²) in [5.74, 6) is 0.390. The molecule has 0 aromatic heterocycles. The van der Waals surface area contributed by atoms with Crippen molar-refractivity contribution < 1.29 is 5.11 Å². The molecule has 3 rings (SSSR count). The van der Waals surface area contributed by atoms with Gasteiger partial charge in [0.1, 0.15) is 5.75 Å². The summed E-state index contributed by atoms with van der Waals surface area (Å²) >= 11 is 0. The summed E-state index contributed by atoms with van der Waals surface area (Å²) in [5.41, 5.74) is 2.88. The predicted molar refractivity (Wildman–Crippen MR) is 128 cm³/mol. The maximum absolute atomic E-state index is 11.2. The average Bonchev–Trinajstić information content (AvgIpc) is 2.76. The van der Waals surface area contributed by atoms with E-state index in [0.29, 0.717) is 5.75 Å². The van der Waals surface area contributed by atoms with Crippen LogP contribution in [0.15, 0.2) is 84.9 Å². The molecule has 0 amide bonds. The van der Waals surface area contributed by atoms with Crippen molar-refractivity contribution in [1.29, 1.82) is 0 Å². The lowest BCUT2D eigenvalue weighted by atomic mass is 9.45. The van der Waals surface area contributed by atoms with Crippen LogP contribution in [0.3, 0.4) is 0 Å². The monoisotopic (exact) mass is 400 g/mol. The summed E-state index contributed by atoms with van der Waals surface area (Å²) in [6.07, 6.45) is 3.21. The minimum Gasteiger partial charge on any atom is -0.508 e. The molecule has 0 aliphatic heterocycles. The van der Waals surface area contributed by atoms with Crippen LogP contribution in [-0.4, -0.2) is 5.11 Å². The first-order chi connectivity index (χ1) is 14.3. The first kappa shape index (κ1) is 22.2. The van der Waals surface area contributed by atoms with E-state index < -0.39 is 0 Å². The van der Waals surface area contributed by atoms with Crippen LogP contribution in [0.4, 0.5) is 0 Å². The molecule has 30 heavy (non-hydrogen) atoms. The van der Waals surface area contributed by atoms with Gasteiger partial charge in [0, 0.05) is 21.8 Å². The van der Waals surface area contributed by atoms with E-state index in [0.717, 1.165) is 24.8 Å². The Balaban J connectivity index is 2.40. The van der Waals surface area contributed by atoms with E-state index in [2.05, 4.69) is 107 Å². The number of benzene rings is 3. The Morgan fingerprint density at radius 1 is 0.633 bits per heavy atom. The fraction of sp³-hybridized carbons (Fsp3) is 0.379. The summed E-state index contributed by atoms with van der Waals surface area (Å²) in [7, 11) is 0. The van der Waals surface area contributed by atoms with E-state index in [1.165, 1.54) is 11.1 Å². The second kappa shape index (κ2) is 8.68. The molecule has 3 aromatic carbocycles. The Morgan fingerprint density at radius 2 is 1.07 bits per heavy atom. The molecule has 0 saturated carbocycles. The largest absolute Gasteiger partial charge is 0.508 e. The van der Waals surface area contributed by atoms with Crippen molar-refractivity contribution in [3.05, 3.63) is 102 Å². The molecule has 158 valence electrons. The highest BCUT2D eigenvalue weighted by Gasteiger charge is 2.57. The van der Waals surface area contributed by atoms with Crippen molar-refractivity contribution in [1.82, 2.24) is 0 Å². The van der Waals surface area contributed by atoms with Gasteiger partial charge >= 0.3 is 0 Å². The van der Waals surface area contributed by atoms with Gasteiger partial charge in [-0.15, -0.1) is 0 Å². The van der Waals surface area contributed by atoms with Crippen molar-refractivity contribution in [2.24, 2.45) is 0 Å². The average molecular weight is 401 g/mol. The topological polar surface area (TPSA) is 20.2 Å². The summed E-state index contributed by atoms with van der Waals surface area (Å²) in [4.78, 5) is 0. The molecular formula is C29H36O. The number of phenols is 1. The van der Waals surface area contributed by atoms with Crippen molar-refractivity contribution in [3.63, 3.8) is 0 Å². The number of unbranched alkanes of at least 4 members (excludes halogenated alkanes) is 1. The highest BCUT2D eigenvalue weighted by Crippen LogP contribution is 2.59. The normalized spacial score (nSPS) is 12.7. The number of hydrogen-bond acceptors (Lipinski definition) is 1. The fourth-order valence-corrected chi connectivity index (χ4v) is 5.69. The minimum absolute atomic E-state index is 0.221. The molecule has 0 spiro atoms. The van der Waals surface area contributed by atoms with Gasteiger partial charge in [-0.05, 0) is 23.6 Å². The van der Waals surface area contributed by atoms with Crippen molar-refractivity contribution in [3.8, 4) is 5.75 Å². The quantitative estimate of drug-likeness (QED) is 0.409. The molecule has 0 unspecified atom stereocenters. The van der Waals surface area contributed by atoms with E-state index in [4.69, 9.17) is 0 Å². The van der Waals surface area contributed by atoms with Gasteiger partial charge in [-0.25, -0.2) is 0 Å². The lowest BCUT2D eigenvalue weighted by molar-refractivity contribution is 0.121. The van der Waals surface area contributed by atoms with Crippen LogP contribution in [0.1, 0.15) is 70.6 Å². The SMILES string of the molecule is CCCCC(c1ccccc1O)(C(C)(C)c1ccccc1)C(C)(C)c1ccccc1. The second-order valence-corrected chi connectivity index (χ2v) is 9.51. The van der Waals surface area contributed by atoms with Crippen molar-refractivity contribution >= 4 is 0 Å². The van der Waals surface area contributed by atoms with Crippen LogP contribution in [0.2, 0.25) is 0 Å². The summed E-state index contributed by atoms with van der Waals surface area (Å²) in [6.45, 7) is 11.7. The third kappa shape index (κ3) is 3.55. The Hall–Kier alpha value is -2.54. The zero-order chi connectivity index (χ0) is 21.8. The third-order valence-corrected chi connectivity index (χ3v) is 7.39. The number of aromatic hydroxyl groups is 1. The van der Waals surface area contributed by atoms with Crippen LogP contribution in [0.5, 0.6) is 5.75 Å². The van der Waals surface area contributed by atoms with Crippen LogP contribution >= 0.6 is 0 Å². The smallest absolute Gasteiger partial charge is 0.119 e. The molecule has 0 radical (unpaired) electrons. The molecule has 0 aliphatic carbocycles. The van der Waals surface area contributed by atoms with Gasteiger partial charge < -0.3 is 5.11 Å².